The van der Waals surface area contributed by atoms with E-state index in [1.165, 1.54) is 11.3 Å². The van der Waals surface area contributed by atoms with Crippen LogP contribution in [-0.2, 0) is 16.2 Å². The highest BCUT2D eigenvalue weighted by atomic mass is 32.1. The average Bonchev–Trinajstić information content (AvgIpc) is 2.95. The minimum absolute atomic E-state index is 0.0672. The number of nitrogens with zero attached hydrogens (tertiary/aromatic N) is 3. The number of amides is 1. The van der Waals surface area contributed by atoms with Crippen LogP contribution >= 0.6 is 11.3 Å². The van der Waals surface area contributed by atoms with Crippen molar-refractivity contribution in [2.45, 2.75) is 6.61 Å². The molecule has 1 amide bonds. The van der Waals surface area contributed by atoms with E-state index in [9.17, 15) is 4.79 Å². The lowest BCUT2D eigenvalue weighted by Gasteiger charge is -1.99. The van der Waals surface area contributed by atoms with Crippen LogP contribution in [0.3, 0.4) is 0 Å². The first-order valence-corrected chi connectivity index (χ1v) is 5.74. The summed E-state index contributed by atoms with van der Waals surface area (Å²) in [5.74, 6) is -0.732. The number of thiazole rings is 1. The first-order chi connectivity index (χ1) is 8.66. The number of nitrogen functional groups attached to an aromatic ring is 1. The van der Waals surface area contributed by atoms with Crippen LogP contribution in [0.15, 0.2) is 22.8 Å². The standard InChI is InChI=1S/C9H10N6O2S/c10-8(16)7(6-4-18-9(11)13-6)15-17-3-5-1-2-12-14-5/h1-2,4H,3H2,(H2,10,16)(H2,11,13)(H,12,14)/b15-7-. The summed E-state index contributed by atoms with van der Waals surface area (Å²) >= 11 is 1.19. The van der Waals surface area contributed by atoms with Crippen LogP contribution in [-0.4, -0.2) is 26.8 Å². The summed E-state index contributed by atoms with van der Waals surface area (Å²) in [4.78, 5) is 20.1. The van der Waals surface area contributed by atoms with Gasteiger partial charge in [0.2, 0.25) is 0 Å². The highest BCUT2D eigenvalue weighted by Gasteiger charge is 2.14. The smallest absolute Gasteiger partial charge is 0.273 e. The van der Waals surface area contributed by atoms with Crippen molar-refractivity contribution in [3.05, 3.63) is 29.0 Å². The van der Waals surface area contributed by atoms with E-state index < -0.39 is 5.91 Å². The maximum absolute atomic E-state index is 11.2. The molecule has 2 aromatic heterocycles. The van der Waals surface area contributed by atoms with Gasteiger partial charge in [-0.25, -0.2) is 4.98 Å². The number of anilines is 1. The van der Waals surface area contributed by atoms with E-state index in [0.29, 0.717) is 10.8 Å². The number of nitrogens with two attached hydrogens (primary N) is 2. The van der Waals surface area contributed by atoms with Gasteiger partial charge >= 0.3 is 0 Å². The Labute approximate surface area is 106 Å². The molecule has 9 heteroatoms. The maximum Gasteiger partial charge on any atom is 0.273 e. The van der Waals surface area contributed by atoms with Crippen LogP contribution in [0.4, 0.5) is 5.13 Å². The summed E-state index contributed by atoms with van der Waals surface area (Å²) in [6.45, 7) is 0.149. The predicted molar refractivity (Wildman–Crippen MR) is 65.6 cm³/mol. The molecule has 5 N–H and O–H groups in total. The third kappa shape index (κ3) is 2.83. The number of carbonyl (C=O) groups excluding carboxylic acids is 1. The molecule has 0 saturated carbocycles. The molecule has 0 bridgehead atoms. The van der Waals surface area contributed by atoms with Gasteiger partial charge in [-0.3, -0.25) is 9.89 Å². The molecule has 0 saturated heterocycles. The van der Waals surface area contributed by atoms with Gasteiger partial charge in [0.1, 0.15) is 5.69 Å². The van der Waals surface area contributed by atoms with Gasteiger partial charge in [0.15, 0.2) is 17.5 Å². The molecule has 2 rings (SSSR count). The zero-order valence-corrected chi connectivity index (χ0v) is 9.98. The number of aromatic nitrogens is 3. The number of aromatic amines is 1. The summed E-state index contributed by atoms with van der Waals surface area (Å²) in [5, 5.41) is 12.0. The van der Waals surface area contributed by atoms with E-state index in [-0.39, 0.29) is 12.3 Å². The molecule has 0 aliphatic rings. The predicted octanol–water partition coefficient (Wildman–Crippen LogP) is -0.145. The molecule has 2 aromatic rings. The zero-order chi connectivity index (χ0) is 13.0. The largest absolute Gasteiger partial charge is 0.389 e. The fourth-order valence-electron chi connectivity index (χ4n) is 1.15. The van der Waals surface area contributed by atoms with E-state index in [1.807, 2.05) is 0 Å². The molecule has 0 aliphatic carbocycles. The van der Waals surface area contributed by atoms with Crippen molar-refractivity contribution in [3.8, 4) is 0 Å². The molecule has 18 heavy (non-hydrogen) atoms. The second-order valence-electron chi connectivity index (χ2n) is 3.23. The van der Waals surface area contributed by atoms with Crippen molar-refractivity contribution in [1.29, 1.82) is 0 Å². The number of carbonyl (C=O) groups is 1. The molecule has 2 heterocycles. The summed E-state index contributed by atoms with van der Waals surface area (Å²) in [6.07, 6.45) is 1.58. The highest BCUT2D eigenvalue weighted by molar-refractivity contribution is 7.13. The minimum atomic E-state index is -0.732. The van der Waals surface area contributed by atoms with E-state index in [2.05, 4.69) is 20.3 Å². The summed E-state index contributed by atoms with van der Waals surface area (Å²) in [7, 11) is 0. The van der Waals surface area contributed by atoms with E-state index in [4.69, 9.17) is 16.3 Å². The molecule has 0 radical (unpaired) electrons. The monoisotopic (exact) mass is 266 g/mol. The molecule has 0 atom stereocenters. The zero-order valence-electron chi connectivity index (χ0n) is 9.16. The molecule has 0 spiro atoms. The third-order valence-electron chi connectivity index (χ3n) is 1.93. The van der Waals surface area contributed by atoms with Gasteiger partial charge in [-0.2, -0.15) is 5.10 Å². The fourth-order valence-corrected chi connectivity index (χ4v) is 1.69. The minimum Gasteiger partial charge on any atom is -0.389 e. The average molecular weight is 266 g/mol. The number of H-pyrrole nitrogens is 1. The van der Waals surface area contributed by atoms with Crippen molar-refractivity contribution in [3.63, 3.8) is 0 Å². The molecule has 0 aliphatic heterocycles. The fraction of sp³-hybridized carbons (Fsp3) is 0.111. The Bertz CT molecular complexity index is 561. The van der Waals surface area contributed by atoms with Crippen molar-refractivity contribution in [1.82, 2.24) is 15.2 Å². The van der Waals surface area contributed by atoms with Crippen molar-refractivity contribution in [2.75, 3.05) is 5.73 Å². The number of rotatable bonds is 5. The third-order valence-corrected chi connectivity index (χ3v) is 2.61. The van der Waals surface area contributed by atoms with Crippen LogP contribution < -0.4 is 11.5 Å². The molecule has 8 nitrogen and oxygen atoms in total. The lowest BCUT2D eigenvalue weighted by Crippen LogP contribution is -2.25. The second kappa shape index (κ2) is 5.27. The van der Waals surface area contributed by atoms with Crippen molar-refractivity contribution < 1.29 is 9.63 Å². The van der Waals surface area contributed by atoms with Crippen LogP contribution in [0.1, 0.15) is 11.4 Å². The second-order valence-corrected chi connectivity index (χ2v) is 4.12. The maximum atomic E-state index is 11.2. The van der Waals surface area contributed by atoms with Gasteiger partial charge in [-0.1, -0.05) is 5.16 Å². The Morgan fingerprint density at radius 2 is 2.44 bits per heavy atom. The highest BCUT2D eigenvalue weighted by Crippen LogP contribution is 2.12. The van der Waals surface area contributed by atoms with Crippen LogP contribution in [0, 0.1) is 0 Å². The number of oxime groups is 1. The summed E-state index contributed by atoms with van der Waals surface area (Å²) in [6, 6.07) is 1.72. The first kappa shape index (κ1) is 12.0. The van der Waals surface area contributed by atoms with Crippen LogP contribution in [0.2, 0.25) is 0 Å². The normalized spacial score (nSPS) is 11.4. The molecular weight excluding hydrogens is 256 g/mol. The van der Waals surface area contributed by atoms with Gasteiger partial charge in [-0.15, -0.1) is 11.3 Å². The SMILES string of the molecule is NC(=O)/C(=N\OCc1ccn[nH]1)c1csc(N)n1. The van der Waals surface area contributed by atoms with Crippen molar-refractivity contribution in [2.24, 2.45) is 10.9 Å². The molecule has 0 aromatic carbocycles. The lowest BCUT2D eigenvalue weighted by atomic mass is 10.3. The number of nitrogens with one attached hydrogen (secondary N) is 1. The molecule has 0 fully saturated rings. The molecule has 94 valence electrons. The van der Waals surface area contributed by atoms with E-state index >= 15 is 0 Å². The van der Waals surface area contributed by atoms with Crippen LogP contribution in [0.5, 0.6) is 0 Å². The lowest BCUT2D eigenvalue weighted by molar-refractivity contribution is -0.112. The number of hydrogen-bond donors (Lipinski definition) is 3. The van der Waals surface area contributed by atoms with Gasteiger partial charge in [0.05, 0.1) is 5.69 Å². The first-order valence-electron chi connectivity index (χ1n) is 4.86. The van der Waals surface area contributed by atoms with Gasteiger partial charge in [0.25, 0.3) is 5.91 Å². The quantitative estimate of drug-likeness (QED) is 0.511. The van der Waals surface area contributed by atoms with Gasteiger partial charge < -0.3 is 16.3 Å². The summed E-state index contributed by atoms with van der Waals surface area (Å²) in [5.41, 5.74) is 11.6. The van der Waals surface area contributed by atoms with Crippen molar-refractivity contribution >= 4 is 28.1 Å². The van der Waals surface area contributed by atoms with Gasteiger partial charge in [-0.05, 0) is 6.07 Å². The Morgan fingerprint density at radius 1 is 1.61 bits per heavy atom. The molecular formula is C9H10N6O2S. The van der Waals surface area contributed by atoms with Gasteiger partial charge in [0, 0.05) is 11.6 Å². The Hall–Kier alpha value is -2.42. The Kier molecular flexibility index (Phi) is 3.53. The van der Waals surface area contributed by atoms with Crippen LogP contribution in [0.25, 0.3) is 0 Å². The van der Waals surface area contributed by atoms with E-state index in [0.717, 1.165) is 5.69 Å². The molecule has 0 unspecified atom stereocenters. The summed E-state index contributed by atoms with van der Waals surface area (Å²) < 4.78 is 0. The Balaban J connectivity index is 2.08. The van der Waals surface area contributed by atoms with E-state index in [1.54, 1.807) is 17.6 Å². The number of hydrogen-bond acceptors (Lipinski definition) is 7. The Morgan fingerprint density at radius 3 is 3.00 bits per heavy atom. The topological polar surface area (TPSA) is 132 Å². The number of primary amides is 1.